The largest absolute Gasteiger partial charge is 0.378 e. The molecule has 3 amide bonds. The van der Waals surface area contributed by atoms with E-state index in [-0.39, 0.29) is 17.8 Å². The SMILES string of the molecule is O=C(Nc1ccc(F)cc1)N1CCC2(CC1)OC(C(=O)N1CCOCC1)Cn1ccnc12. The lowest BCUT2D eigenvalue weighted by Gasteiger charge is -2.46. The van der Waals surface area contributed by atoms with Gasteiger partial charge in [-0.3, -0.25) is 4.79 Å². The van der Waals surface area contributed by atoms with Crippen LogP contribution in [0.4, 0.5) is 14.9 Å². The fraction of sp³-hybridized carbons (Fsp3) is 0.500. The van der Waals surface area contributed by atoms with Crippen molar-refractivity contribution in [2.75, 3.05) is 44.7 Å². The van der Waals surface area contributed by atoms with Crippen molar-refractivity contribution >= 4 is 17.6 Å². The zero-order valence-electron chi connectivity index (χ0n) is 17.7. The number of rotatable bonds is 2. The number of hydrogen-bond donors (Lipinski definition) is 1. The van der Waals surface area contributed by atoms with Gasteiger partial charge in [0.1, 0.15) is 17.2 Å². The number of fused-ring (bicyclic) bond motifs is 2. The zero-order valence-corrected chi connectivity index (χ0v) is 17.7. The van der Waals surface area contributed by atoms with E-state index in [1.165, 1.54) is 24.3 Å². The van der Waals surface area contributed by atoms with Gasteiger partial charge in [0.2, 0.25) is 0 Å². The maximum Gasteiger partial charge on any atom is 0.321 e. The molecule has 3 aliphatic rings. The average Bonchev–Trinajstić information content (AvgIpc) is 3.31. The van der Waals surface area contributed by atoms with Crippen LogP contribution in [0.15, 0.2) is 36.7 Å². The summed E-state index contributed by atoms with van der Waals surface area (Å²) in [5.41, 5.74) is -0.168. The van der Waals surface area contributed by atoms with E-state index in [9.17, 15) is 14.0 Å². The molecule has 0 saturated carbocycles. The summed E-state index contributed by atoms with van der Waals surface area (Å²) in [6, 6.07) is 5.43. The second-order valence-corrected chi connectivity index (χ2v) is 8.37. The smallest absolute Gasteiger partial charge is 0.321 e. The molecule has 1 N–H and O–H groups in total. The molecule has 32 heavy (non-hydrogen) atoms. The quantitative estimate of drug-likeness (QED) is 0.765. The minimum Gasteiger partial charge on any atom is -0.378 e. The molecule has 2 saturated heterocycles. The normalized spacial score (nSPS) is 22.5. The van der Waals surface area contributed by atoms with Crippen molar-refractivity contribution in [2.45, 2.75) is 31.1 Å². The van der Waals surface area contributed by atoms with Crippen LogP contribution in [0, 0.1) is 5.82 Å². The molecule has 1 unspecified atom stereocenters. The van der Waals surface area contributed by atoms with Gasteiger partial charge in [0.25, 0.3) is 5.91 Å². The lowest BCUT2D eigenvalue weighted by molar-refractivity contribution is -0.182. The first-order valence-corrected chi connectivity index (χ1v) is 10.9. The summed E-state index contributed by atoms with van der Waals surface area (Å²) in [5, 5.41) is 2.80. The first-order valence-electron chi connectivity index (χ1n) is 10.9. The van der Waals surface area contributed by atoms with Gasteiger partial charge < -0.3 is 29.2 Å². The van der Waals surface area contributed by atoms with Crippen LogP contribution in [0.5, 0.6) is 0 Å². The molecule has 2 fully saturated rings. The van der Waals surface area contributed by atoms with Crippen LogP contribution in [0.25, 0.3) is 0 Å². The molecule has 10 heteroatoms. The number of urea groups is 1. The van der Waals surface area contributed by atoms with Gasteiger partial charge in [-0.1, -0.05) is 0 Å². The fourth-order valence-electron chi connectivity index (χ4n) is 4.66. The predicted octanol–water partition coefficient (Wildman–Crippen LogP) is 1.80. The highest BCUT2D eigenvalue weighted by Crippen LogP contribution is 2.40. The maximum absolute atomic E-state index is 13.1. The summed E-state index contributed by atoms with van der Waals surface area (Å²) >= 11 is 0. The van der Waals surface area contributed by atoms with E-state index in [0.717, 1.165) is 5.82 Å². The highest BCUT2D eigenvalue weighted by molar-refractivity contribution is 5.89. The lowest BCUT2D eigenvalue weighted by atomic mass is 9.88. The first-order chi connectivity index (χ1) is 15.5. The molecular weight excluding hydrogens is 417 g/mol. The van der Waals surface area contributed by atoms with Crippen molar-refractivity contribution in [3.63, 3.8) is 0 Å². The van der Waals surface area contributed by atoms with Crippen LogP contribution < -0.4 is 5.32 Å². The van der Waals surface area contributed by atoms with Gasteiger partial charge in [0.05, 0.1) is 19.8 Å². The number of carbonyl (C=O) groups excluding carboxylic acids is 2. The third kappa shape index (κ3) is 3.95. The molecule has 170 valence electrons. The number of benzene rings is 1. The van der Waals surface area contributed by atoms with Crippen molar-refractivity contribution in [2.24, 2.45) is 0 Å². The van der Waals surface area contributed by atoms with Gasteiger partial charge in [-0.15, -0.1) is 0 Å². The van der Waals surface area contributed by atoms with Crippen LogP contribution in [0.3, 0.4) is 0 Å². The van der Waals surface area contributed by atoms with E-state index in [1.54, 1.807) is 16.0 Å². The summed E-state index contributed by atoms with van der Waals surface area (Å²) < 4.78 is 26.9. The minimum atomic E-state index is -0.707. The lowest BCUT2D eigenvalue weighted by Crippen LogP contribution is -2.56. The zero-order chi connectivity index (χ0) is 22.1. The third-order valence-corrected chi connectivity index (χ3v) is 6.41. The monoisotopic (exact) mass is 443 g/mol. The number of amides is 3. The molecule has 1 aromatic heterocycles. The van der Waals surface area contributed by atoms with Gasteiger partial charge >= 0.3 is 6.03 Å². The van der Waals surface area contributed by atoms with Crippen molar-refractivity contribution in [3.05, 3.63) is 48.3 Å². The number of imidazole rings is 1. The van der Waals surface area contributed by atoms with Gasteiger partial charge in [0, 0.05) is 57.1 Å². The van der Waals surface area contributed by atoms with Crippen LogP contribution in [0.2, 0.25) is 0 Å². The number of piperidine rings is 1. The summed E-state index contributed by atoms with van der Waals surface area (Å²) in [7, 11) is 0. The Bertz CT molecular complexity index is 980. The molecule has 5 rings (SSSR count). The Kier molecular flexibility index (Phi) is 5.56. The molecular formula is C22H26FN5O4. The average molecular weight is 443 g/mol. The van der Waals surface area contributed by atoms with Crippen LogP contribution in [-0.4, -0.2) is 76.8 Å². The van der Waals surface area contributed by atoms with Crippen molar-refractivity contribution in [1.82, 2.24) is 19.4 Å². The van der Waals surface area contributed by atoms with Crippen molar-refractivity contribution < 1.29 is 23.5 Å². The molecule has 1 spiro atoms. The molecule has 0 bridgehead atoms. The van der Waals surface area contributed by atoms with E-state index in [0.29, 0.717) is 64.5 Å². The van der Waals surface area contributed by atoms with Crippen molar-refractivity contribution in [3.8, 4) is 0 Å². The number of halogens is 1. The number of ether oxygens (including phenoxy) is 2. The fourth-order valence-corrected chi connectivity index (χ4v) is 4.66. The second kappa shape index (κ2) is 8.51. The third-order valence-electron chi connectivity index (χ3n) is 6.41. The highest BCUT2D eigenvalue weighted by Gasteiger charge is 2.48. The van der Waals surface area contributed by atoms with Gasteiger partial charge in [-0.2, -0.15) is 0 Å². The topological polar surface area (TPSA) is 88.9 Å². The van der Waals surface area contributed by atoms with Crippen LogP contribution in [0.1, 0.15) is 18.7 Å². The van der Waals surface area contributed by atoms with Crippen LogP contribution >= 0.6 is 0 Å². The molecule has 4 heterocycles. The second-order valence-electron chi connectivity index (χ2n) is 8.37. The van der Waals surface area contributed by atoms with Gasteiger partial charge in [-0.05, 0) is 24.3 Å². The van der Waals surface area contributed by atoms with E-state index >= 15 is 0 Å². The Balaban J connectivity index is 1.27. The molecule has 0 radical (unpaired) electrons. The Morgan fingerprint density at radius 2 is 1.78 bits per heavy atom. The first kappa shape index (κ1) is 20.9. The molecule has 3 aliphatic heterocycles. The van der Waals surface area contributed by atoms with Crippen LogP contribution in [-0.2, 0) is 26.4 Å². The molecule has 2 aromatic rings. The number of likely N-dealkylation sites (tertiary alicyclic amines) is 1. The Morgan fingerprint density at radius 3 is 2.50 bits per heavy atom. The molecule has 1 atom stereocenters. The number of nitrogens with zero attached hydrogens (tertiary/aromatic N) is 4. The number of hydrogen-bond acceptors (Lipinski definition) is 5. The summed E-state index contributed by atoms with van der Waals surface area (Å²) in [5.74, 6) is 0.430. The maximum atomic E-state index is 13.1. The number of carbonyl (C=O) groups is 2. The minimum absolute atomic E-state index is 0.0245. The number of aromatic nitrogens is 2. The molecule has 1 aromatic carbocycles. The van der Waals surface area contributed by atoms with Gasteiger partial charge in [-0.25, -0.2) is 14.2 Å². The van der Waals surface area contributed by atoms with E-state index in [4.69, 9.17) is 9.47 Å². The summed E-state index contributed by atoms with van der Waals surface area (Å²) in [6.07, 6.45) is 4.10. The van der Waals surface area contributed by atoms with E-state index < -0.39 is 11.7 Å². The Labute approximate surface area is 185 Å². The van der Waals surface area contributed by atoms with Gasteiger partial charge in [0.15, 0.2) is 6.10 Å². The molecule has 9 nitrogen and oxygen atoms in total. The summed E-state index contributed by atoms with van der Waals surface area (Å²) in [6.45, 7) is 3.56. The van der Waals surface area contributed by atoms with E-state index in [2.05, 4.69) is 10.3 Å². The standard InChI is InChI=1S/C22H26FN5O4/c23-16-1-3-17(4-2-16)25-21(30)27-8-5-22(6-9-27)20-24-7-10-28(20)15-18(32-22)19(29)26-11-13-31-14-12-26/h1-4,7,10,18H,5-6,8-9,11-15H2,(H,25,30). The number of anilines is 1. The predicted molar refractivity (Wildman–Crippen MR) is 112 cm³/mol. The number of morpholine rings is 1. The molecule has 0 aliphatic carbocycles. The van der Waals surface area contributed by atoms with E-state index in [1.807, 2.05) is 10.8 Å². The van der Waals surface area contributed by atoms with Crippen molar-refractivity contribution in [1.29, 1.82) is 0 Å². The Morgan fingerprint density at radius 1 is 1.06 bits per heavy atom. The Hall–Kier alpha value is -2.98. The number of nitrogens with one attached hydrogen (secondary N) is 1. The summed E-state index contributed by atoms with van der Waals surface area (Å²) in [4.78, 5) is 33.8. The highest BCUT2D eigenvalue weighted by atomic mass is 19.1.